The van der Waals surface area contributed by atoms with Gasteiger partial charge in [-0.05, 0) is 26.3 Å². The van der Waals surface area contributed by atoms with Crippen LogP contribution < -0.4 is 5.32 Å². The minimum Gasteiger partial charge on any atom is -0.463 e. The average Bonchev–Trinajstić information content (AvgIpc) is 2.80. The first-order valence-electron chi connectivity index (χ1n) is 11.2. The summed E-state index contributed by atoms with van der Waals surface area (Å²) in [6.45, 7) is 9.15. The van der Waals surface area contributed by atoms with Gasteiger partial charge in [-0.2, -0.15) is 0 Å². The number of hydrogen-bond donors (Lipinski definition) is 1. The lowest BCUT2D eigenvalue weighted by atomic mass is 9.94. The minimum atomic E-state index is -0.582. The highest BCUT2D eigenvalue weighted by Gasteiger charge is 2.38. The fourth-order valence-electron chi connectivity index (χ4n) is 4.07. The van der Waals surface area contributed by atoms with Gasteiger partial charge in [-0.3, -0.25) is 9.80 Å². The number of nitrogens with zero attached hydrogens (tertiary/aromatic N) is 3. The summed E-state index contributed by atoms with van der Waals surface area (Å²) >= 11 is 0. The zero-order valence-corrected chi connectivity index (χ0v) is 19.0. The lowest BCUT2D eigenvalue weighted by Crippen LogP contribution is -2.53. The van der Waals surface area contributed by atoms with E-state index in [0.29, 0.717) is 57.1 Å². The van der Waals surface area contributed by atoms with Crippen LogP contribution in [0.1, 0.15) is 32.4 Å². The van der Waals surface area contributed by atoms with E-state index in [9.17, 15) is 14.4 Å². The predicted molar refractivity (Wildman–Crippen MR) is 119 cm³/mol. The Balaban J connectivity index is 1.90. The number of carbonyl (C=O) groups excluding carboxylic acids is 3. The zero-order valence-electron chi connectivity index (χ0n) is 19.0. The van der Waals surface area contributed by atoms with Crippen molar-refractivity contribution >= 4 is 18.1 Å². The van der Waals surface area contributed by atoms with Crippen LogP contribution in [0.15, 0.2) is 41.6 Å². The molecule has 9 nitrogen and oxygen atoms in total. The van der Waals surface area contributed by atoms with Crippen molar-refractivity contribution in [2.45, 2.75) is 26.8 Å². The first-order chi connectivity index (χ1) is 15.5. The molecule has 3 amide bonds. The molecule has 0 radical (unpaired) electrons. The highest BCUT2D eigenvalue weighted by molar-refractivity contribution is 5.95. The number of carbonyl (C=O) groups is 3. The molecule has 2 aliphatic rings. The number of rotatable bonds is 7. The van der Waals surface area contributed by atoms with E-state index < -0.39 is 12.0 Å². The van der Waals surface area contributed by atoms with Crippen LogP contribution in [0, 0.1) is 0 Å². The van der Waals surface area contributed by atoms with Gasteiger partial charge in [0.1, 0.15) is 0 Å². The topological polar surface area (TPSA) is 91.4 Å². The largest absolute Gasteiger partial charge is 0.463 e. The standard InChI is InChI=1S/C23H32N4O5/c1-4-27-18(16-25-12-14-26(15-13-25)23(30)32-6-3)19(21(28)31-5-2)20(24-22(27)29)17-10-8-7-9-11-17/h7-11,20H,4-6,12-16H2,1-3H3,(H,24,29)/t20-/m1/s1. The van der Waals surface area contributed by atoms with E-state index in [1.807, 2.05) is 37.3 Å². The molecule has 1 N–H and O–H groups in total. The van der Waals surface area contributed by atoms with E-state index in [2.05, 4.69) is 10.2 Å². The van der Waals surface area contributed by atoms with Crippen molar-refractivity contribution < 1.29 is 23.9 Å². The Bertz CT molecular complexity index is 849. The van der Waals surface area contributed by atoms with Crippen molar-refractivity contribution in [3.63, 3.8) is 0 Å². The maximum Gasteiger partial charge on any atom is 0.409 e. The highest BCUT2D eigenvalue weighted by Crippen LogP contribution is 2.32. The van der Waals surface area contributed by atoms with E-state index in [1.165, 1.54) is 0 Å². The first kappa shape index (κ1) is 23.6. The van der Waals surface area contributed by atoms with E-state index in [1.54, 1.807) is 23.6 Å². The summed E-state index contributed by atoms with van der Waals surface area (Å²) in [6, 6.07) is 8.61. The summed E-state index contributed by atoms with van der Waals surface area (Å²) in [5, 5.41) is 2.97. The van der Waals surface area contributed by atoms with Crippen LogP contribution in [0.3, 0.4) is 0 Å². The van der Waals surface area contributed by atoms with Gasteiger partial charge in [0.2, 0.25) is 0 Å². The predicted octanol–water partition coefficient (Wildman–Crippen LogP) is 2.36. The Morgan fingerprint density at radius 1 is 1.00 bits per heavy atom. The number of benzene rings is 1. The van der Waals surface area contributed by atoms with Crippen molar-refractivity contribution in [3.8, 4) is 0 Å². The van der Waals surface area contributed by atoms with Crippen LogP contribution in [0.5, 0.6) is 0 Å². The van der Waals surface area contributed by atoms with Crippen LogP contribution in [0.25, 0.3) is 0 Å². The summed E-state index contributed by atoms with van der Waals surface area (Å²) in [5.74, 6) is -0.431. The molecule has 0 bridgehead atoms. The van der Waals surface area contributed by atoms with Gasteiger partial charge in [-0.15, -0.1) is 0 Å². The van der Waals surface area contributed by atoms with Crippen LogP contribution in [0.2, 0.25) is 0 Å². The molecule has 1 aromatic rings. The number of esters is 1. The quantitative estimate of drug-likeness (QED) is 0.650. The molecular weight excluding hydrogens is 412 g/mol. The second-order valence-corrected chi connectivity index (χ2v) is 7.58. The fraction of sp³-hybridized carbons (Fsp3) is 0.522. The molecule has 2 aliphatic heterocycles. The normalized spacial score (nSPS) is 19.6. The summed E-state index contributed by atoms with van der Waals surface area (Å²) < 4.78 is 10.5. The minimum absolute atomic E-state index is 0.241. The number of hydrogen-bond acceptors (Lipinski definition) is 6. The lowest BCUT2D eigenvalue weighted by molar-refractivity contribution is -0.139. The third kappa shape index (κ3) is 5.21. The summed E-state index contributed by atoms with van der Waals surface area (Å²) in [6.07, 6.45) is -0.310. The Hall–Kier alpha value is -3.07. The molecule has 1 atom stereocenters. The van der Waals surface area contributed by atoms with Gasteiger partial charge < -0.3 is 19.7 Å². The Morgan fingerprint density at radius 3 is 2.25 bits per heavy atom. The molecule has 0 aromatic heterocycles. The number of ether oxygens (including phenoxy) is 2. The molecule has 32 heavy (non-hydrogen) atoms. The molecule has 174 valence electrons. The number of likely N-dealkylation sites (N-methyl/N-ethyl adjacent to an activating group) is 1. The monoisotopic (exact) mass is 444 g/mol. The summed E-state index contributed by atoms with van der Waals surface area (Å²) in [7, 11) is 0. The third-order valence-corrected chi connectivity index (χ3v) is 5.65. The maximum absolute atomic E-state index is 13.1. The second kappa shape index (κ2) is 11.0. The van der Waals surface area contributed by atoms with Gasteiger partial charge in [0, 0.05) is 45.0 Å². The summed E-state index contributed by atoms with van der Waals surface area (Å²) in [5.41, 5.74) is 1.92. The van der Waals surface area contributed by atoms with Crippen molar-refractivity contribution in [1.82, 2.24) is 20.0 Å². The molecule has 0 unspecified atom stereocenters. The van der Waals surface area contributed by atoms with E-state index in [0.717, 1.165) is 5.56 Å². The number of amides is 3. The number of nitrogens with one attached hydrogen (secondary N) is 1. The fourth-order valence-corrected chi connectivity index (χ4v) is 4.07. The van der Waals surface area contributed by atoms with Gasteiger partial charge in [0.15, 0.2) is 0 Å². The molecule has 0 spiro atoms. The van der Waals surface area contributed by atoms with Crippen LogP contribution in [-0.4, -0.2) is 85.3 Å². The molecule has 9 heteroatoms. The summed E-state index contributed by atoms with van der Waals surface area (Å²) in [4.78, 5) is 43.4. The van der Waals surface area contributed by atoms with Gasteiger partial charge in [0.05, 0.1) is 24.8 Å². The molecule has 2 heterocycles. The van der Waals surface area contributed by atoms with Crippen molar-refractivity contribution in [3.05, 3.63) is 47.2 Å². The van der Waals surface area contributed by atoms with E-state index in [4.69, 9.17) is 9.47 Å². The second-order valence-electron chi connectivity index (χ2n) is 7.58. The van der Waals surface area contributed by atoms with Crippen molar-refractivity contribution in [2.75, 3.05) is 52.5 Å². The van der Waals surface area contributed by atoms with E-state index >= 15 is 0 Å². The van der Waals surface area contributed by atoms with Gasteiger partial charge >= 0.3 is 18.1 Å². The Labute approximate surface area is 188 Å². The highest BCUT2D eigenvalue weighted by atomic mass is 16.6. The third-order valence-electron chi connectivity index (χ3n) is 5.65. The van der Waals surface area contributed by atoms with Crippen molar-refractivity contribution in [2.24, 2.45) is 0 Å². The van der Waals surface area contributed by atoms with Crippen molar-refractivity contribution in [1.29, 1.82) is 0 Å². The lowest BCUT2D eigenvalue weighted by Gasteiger charge is -2.40. The SMILES string of the molecule is CCOC(=O)C1=C(CN2CCN(C(=O)OCC)CC2)N(CC)C(=O)N[C@@H]1c1ccccc1. The smallest absolute Gasteiger partial charge is 0.409 e. The van der Waals surface area contributed by atoms with Crippen LogP contribution >= 0.6 is 0 Å². The van der Waals surface area contributed by atoms with Gasteiger partial charge in [-0.25, -0.2) is 14.4 Å². The molecule has 1 saturated heterocycles. The van der Waals surface area contributed by atoms with E-state index in [-0.39, 0.29) is 18.7 Å². The van der Waals surface area contributed by atoms with Gasteiger partial charge in [-0.1, -0.05) is 30.3 Å². The Morgan fingerprint density at radius 2 is 1.66 bits per heavy atom. The van der Waals surface area contributed by atoms with Crippen LogP contribution in [-0.2, 0) is 14.3 Å². The first-order valence-corrected chi connectivity index (χ1v) is 11.2. The van der Waals surface area contributed by atoms with Crippen LogP contribution in [0.4, 0.5) is 9.59 Å². The molecule has 0 aliphatic carbocycles. The molecule has 1 fully saturated rings. The zero-order chi connectivity index (χ0) is 23.1. The maximum atomic E-state index is 13.1. The number of urea groups is 1. The average molecular weight is 445 g/mol. The molecular formula is C23H32N4O5. The molecule has 3 rings (SSSR count). The molecule has 1 aromatic carbocycles. The van der Waals surface area contributed by atoms with Gasteiger partial charge in [0.25, 0.3) is 0 Å². The Kier molecular flexibility index (Phi) is 8.10. The number of piperazine rings is 1. The molecule has 0 saturated carbocycles.